The van der Waals surface area contributed by atoms with E-state index in [2.05, 4.69) is 4.74 Å². The molecule has 0 aromatic heterocycles. The van der Waals surface area contributed by atoms with Gasteiger partial charge in [-0.2, -0.15) is 0 Å². The number of unbranched alkanes of at least 4 members (excludes halogenated alkanes) is 1. The zero-order chi connectivity index (χ0) is 24.8. The van der Waals surface area contributed by atoms with Crippen molar-refractivity contribution < 1.29 is 37.3 Å². The van der Waals surface area contributed by atoms with Gasteiger partial charge < -0.3 is 24.4 Å². The molecule has 2 amide bonds. The summed E-state index contributed by atoms with van der Waals surface area (Å²) in [5.41, 5.74) is -1.07. The molecule has 1 N–H and O–H groups in total. The van der Waals surface area contributed by atoms with Gasteiger partial charge in [-0.1, -0.05) is 44.7 Å². The molecule has 2 fully saturated rings. The molecule has 7 nitrogen and oxygen atoms in total. The quantitative estimate of drug-likeness (QED) is 0.577. The Labute approximate surface area is 197 Å². The molecule has 1 aliphatic heterocycles. The fourth-order valence-corrected chi connectivity index (χ4v) is 4.71. The van der Waals surface area contributed by atoms with Gasteiger partial charge in [0, 0.05) is 26.2 Å². The summed E-state index contributed by atoms with van der Waals surface area (Å²) in [6.07, 6.45) is -0.417. The molecule has 2 aliphatic rings. The van der Waals surface area contributed by atoms with Crippen LogP contribution in [0.15, 0.2) is 24.3 Å². The monoisotopic (exact) mass is 486 g/mol. The van der Waals surface area contributed by atoms with E-state index in [1.807, 2.05) is 6.92 Å². The normalized spacial score (nSPS) is 19.4. The Morgan fingerprint density at radius 3 is 2.35 bits per heavy atom. The van der Waals surface area contributed by atoms with E-state index >= 15 is 0 Å². The number of halogens is 3. The first-order chi connectivity index (χ1) is 16.1. The van der Waals surface area contributed by atoms with Crippen molar-refractivity contribution in [1.29, 1.82) is 0 Å². The number of ether oxygens (including phenoxy) is 2. The van der Waals surface area contributed by atoms with Crippen LogP contribution in [0.25, 0.3) is 0 Å². The van der Waals surface area contributed by atoms with Crippen LogP contribution in [-0.2, 0) is 9.53 Å². The Bertz CT molecular complexity index is 834. The predicted octanol–water partition coefficient (Wildman–Crippen LogP) is 4.44. The largest absolute Gasteiger partial charge is 0.573 e. The van der Waals surface area contributed by atoms with Crippen LogP contribution in [0.1, 0.15) is 63.4 Å². The summed E-state index contributed by atoms with van der Waals surface area (Å²) in [5.74, 6) is -1.80. The first-order valence-corrected chi connectivity index (χ1v) is 11.9. The molecule has 1 saturated carbocycles. The van der Waals surface area contributed by atoms with Crippen molar-refractivity contribution in [3.63, 3.8) is 0 Å². The Morgan fingerprint density at radius 2 is 1.74 bits per heavy atom. The molecule has 3 rings (SSSR count). The third-order valence-electron chi connectivity index (χ3n) is 6.50. The molecule has 190 valence electrons. The number of carbonyl (C=O) groups is 2. The lowest BCUT2D eigenvalue weighted by molar-refractivity contribution is -0.274. The number of amides is 2. The standard InChI is InChI=1S/C24H33F3N2O5/c1-2-3-16-33-22(31)29-14-12-28(13-15-29)21(30)20(23(32)10-5-4-6-11-23)18-8-7-9-19(17-18)34-24(25,26)27/h7-9,17,20,32H,2-6,10-16H2,1H3. The van der Waals surface area contributed by atoms with Crippen molar-refractivity contribution in [2.24, 2.45) is 0 Å². The fourth-order valence-electron chi connectivity index (χ4n) is 4.71. The topological polar surface area (TPSA) is 79.3 Å². The van der Waals surface area contributed by atoms with Crippen molar-refractivity contribution in [2.75, 3.05) is 32.8 Å². The van der Waals surface area contributed by atoms with Crippen LogP contribution < -0.4 is 4.74 Å². The van der Waals surface area contributed by atoms with Crippen LogP contribution in [0.2, 0.25) is 0 Å². The van der Waals surface area contributed by atoms with E-state index in [0.717, 1.165) is 32.1 Å². The van der Waals surface area contributed by atoms with Crippen LogP contribution in [0.3, 0.4) is 0 Å². The van der Waals surface area contributed by atoms with Crippen LogP contribution in [0.5, 0.6) is 5.75 Å². The Balaban J connectivity index is 1.77. The average Bonchev–Trinajstić information content (AvgIpc) is 2.79. The number of benzene rings is 1. The maximum Gasteiger partial charge on any atom is 0.573 e. The van der Waals surface area contributed by atoms with Crippen LogP contribution in [0, 0.1) is 0 Å². The molecular formula is C24H33F3N2O5. The minimum atomic E-state index is -4.86. The maximum absolute atomic E-state index is 13.7. The molecule has 1 aliphatic carbocycles. The van der Waals surface area contributed by atoms with Crippen molar-refractivity contribution in [3.8, 4) is 5.75 Å². The molecule has 1 saturated heterocycles. The maximum atomic E-state index is 13.7. The molecule has 0 spiro atoms. The van der Waals surface area contributed by atoms with E-state index in [1.165, 1.54) is 18.2 Å². The van der Waals surface area contributed by atoms with E-state index < -0.39 is 29.7 Å². The number of alkyl halides is 3. The van der Waals surface area contributed by atoms with Crippen LogP contribution >= 0.6 is 0 Å². The summed E-state index contributed by atoms with van der Waals surface area (Å²) in [6, 6.07) is 5.31. The third kappa shape index (κ3) is 6.77. The second-order valence-corrected chi connectivity index (χ2v) is 9.00. The molecule has 1 unspecified atom stereocenters. The summed E-state index contributed by atoms with van der Waals surface area (Å²) >= 11 is 0. The molecule has 10 heteroatoms. The second-order valence-electron chi connectivity index (χ2n) is 9.00. The number of rotatable bonds is 7. The highest BCUT2D eigenvalue weighted by Crippen LogP contribution is 2.42. The number of aliphatic hydroxyl groups is 1. The van der Waals surface area contributed by atoms with Gasteiger partial charge in [-0.25, -0.2) is 4.79 Å². The lowest BCUT2D eigenvalue weighted by Crippen LogP contribution is -2.55. The highest BCUT2D eigenvalue weighted by molar-refractivity contribution is 5.85. The molecule has 1 aromatic rings. The highest BCUT2D eigenvalue weighted by atomic mass is 19.4. The van der Waals surface area contributed by atoms with E-state index in [1.54, 1.807) is 15.9 Å². The van der Waals surface area contributed by atoms with E-state index in [0.29, 0.717) is 32.5 Å². The zero-order valence-corrected chi connectivity index (χ0v) is 19.5. The number of carbonyl (C=O) groups excluding carboxylic acids is 2. The van der Waals surface area contributed by atoms with Gasteiger partial charge in [-0.15, -0.1) is 13.2 Å². The Hall–Kier alpha value is -2.49. The molecule has 0 radical (unpaired) electrons. The van der Waals surface area contributed by atoms with Gasteiger partial charge in [-0.05, 0) is 37.0 Å². The summed E-state index contributed by atoms with van der Waals surface area (Å²) in [7, 11) is 0. The minimum Gasteiger partial charge on any atom is -0.449 e. The lowest BCUT2D eigenvalue weighted by Gasteiger charge is -2.42. The second kappa shape index (κ2) is 11.3. The summed E-state index contributed by atoms with van der Waals surface area (Å²) in [6.45, 7) is 3.44. The summed E-state index contributed by atoms with van der Waals surface area (Å²) in [5, 5.41) is 11.5. The molecule has 1 atom stereocenters. The summed E-state index contributed by atoms with van der Waals surface area (Å²) in [4.78, 5) is 29.0. The molecule has 0 bridgehead atoms. The van der Waals surface area contributed by atoms with Crippen molar-refractivity contribution >= 4 is 12.0 Å². The van der Waals surface area contributed by atoms with Crippen LogP contribution in [-0.4, -0.2) is 71.7 Å². The number of piperazine rings is 1. The smallest absolute Gasteiger partial charge is 0.449 e. The first-order valence-electron chi connectivity index (χ1n) is 11.9. The van der Waals surface area contributed by atoms with Gasteiger partial charge in [0.2, 0.25) is 5.91 Å². The average molecular weight is 487 g/mol. The Kier molecular flexibility index (Phi) is 8.67. The Morgan fingerprint density at radius 1 is 1.09 bits per heavy atom. The molecule has 1 heterocycles. The lowest BCUT2D eigenvalue weighted by atomic mass is 9.72. The molecule has 1 aromatic carbocycles. The van der Waals surface area contributed by atoms with Gasteiger partial charge >= 0.3 is 12.5 Å². The van der Waals surface area contributed by atoms with Crippen molar-refractivity contribution in [3.05, 3.63) is 29.8 Å². The van der Waals surface area contributed by atoms with Gasteiger partial charge in [-0.3, -0.25) is 4.79 Å². The fraction of sp³-hybridized carbons (Fsp3) is 0.667. The summed E-state index contributed by atoms with van der Waals surface area (Å²) < 4.78 is 47.6. The third-order valence-corrected chi connectivity index (χ3v) is 6.50. The van der Waals surface area contributed by atoms with Crippen molar-refractivity contribution in [1.82, 2.24) is 9.80 Å². The first kappa shape index (κ1) is 26.1. The molecular weight excluding hydrogens is 453 g/mol. The minimum absolute atomic E-state index is 0.257. The highest BCUT2D eigenvalue weighted by Gasteiger charge is 2.45. The van der Waals surface area contributed by atoms with Gasteiger partial charge in [0.25, 0.3) is 0 Å². The number of hydrogen-bond donors (Lipinski definition) is 1. The van der Waals surface area contributed by atoms with E-state index in [9.17, 15) is 27.9 Å². The van der Waals surface area contributed by atoms with Gasteiger partial charge in [0.1, 0.15) is 5.75 Å². The zero-order valence-electron chi connectivity index (χ0n) is 19.5. The molecule has 34 heavy (non-hydrogen) atoms. The number of nitrogens with zero attached hydrogens (tertiary/aromatic N) is 2. The van der Waals surface area contributed by atoms with E-state index in [4.69, 9.17) is 4.74 Å². The SMILES string of the molecule is CCCCOC(=O)N1CCN(C(=O)C(c2cccc(OC(F)(F)F)c2)C2(O)CCCCC2)CC1. The van der Waals surface area contributed by atoms with Crippen LogP contribution in [0.4, 0.5) is 18.0 Å². The predicted molar refractivity (Wildman–Crippen MR) is 118 cm³/mol. The van der Waals surface area contributed by atoms with E-state index in [-0.39, 0.29) is 24.6 Å². The number of hydrogen-bond acceptors (Lipinski definition) is 5. The van der Waals surface area contributed by atoms with Crippen molar-refractivity contribution in [2.45, 2.75) is 69.8 Å². The van der Waals surface area contributed by atoms with Gasteiger partial charge in [0.15, 0.2) is 0 Å². The van der Waals surface area contributed by atoms with Gasteiger partial charge in [0.05, 0.1) is 18.1 Å².